The smallest absolute Gasteiger partial charge is 0.239 e. The minimum absolute atomic E-state index is 0.697. The zero-order chi connectivity index (χ0) is 23.6. The molecule has 0 radical (unpaired) electrons. The van der Waals surface area contributed by atoms with Gasteiger partial charge >= 0.3 is 0 Å². The molecule has 0 saturated heterocycles. The van der Waals surface area contributed by atoms with Crippen LogP contribution in [0.25, 0.3) is 11.0 Å². The van der Waals surface area contributed by atoms with Gasteiger partial charge in [0.1, 0.15) is 16.9 Å². The molecular formula is C27H42N4OS. The maximum Gasteiger partial charge on any atom is 0.239 e. The lowest BCUT2D eigenvalue weighted by molar-refractivity contribution is 0.282. The molecule has 2 heterocycles. The summed E-state index contributed by atoms with van der Waals surface area (Å²) in [5, 5.41) is 5.44. The first-order chi connectivity index (χ1) is 16.3. The number of aryl methyl sites for hydroxylation is 1. The molecule has 0 unspecified atom stereocenters. The van der Waals surface area contributed by atoms with Crippen LogP contribution < -0.4 is 4.74 Å². The van der Waals surface area contributed by atoms with Crippen LogP contribution in [0.3, 0.4) is 0 Å². The average Bonchev–Trinajstić information content (AvgIpc) is 3.15. The van der Waals surface area contributed by atoms with Gasteiger partial charge in [0, 0.05) is 12.8 Å². The Morgan fingerprint density at radius 2 is 1.61 bits per heavy atom. The van der Waals surface area contributed by atoms with E-state index in [9.17, 15) is 0 Å². The van der Waals surface area contributed by atoms with Crippen molar-refractivity contribution in [2.75, 3.05) is 12.4 Å². The van der Waals surface area contributed by atoms with Crippen LogP contribution in [-0.4, -0.2) is 32.1 Å². The highest BCUT2D eigenvalue weighted by molar-refractivity contribution is 7.99. The van der Waals surface area contributed by atoms with Gasteiger partial charge in [0.2, 0.25) is 5.88 Å². The molecule has 0 fully saturated rings. The van der Waals surface area contributed by atoms with Gasteiger partial charge < -0.3 is 4.74 Å². The Morgan fingerprint density at radius 1 is 0.909 bits per heavy atom. The number of allylic oxidation sites excluding steroid dienone is 4. The summed E-state index contributed by atoms with van der Waals surface area (Å²) in [7, 11) is 1.90. The van der Waals surface area contributed by atoms with Gasteiger partial charge in [-0.15, -0.1) is 6.58 Å². The van der Waals surface area contributed by atoms with Gasteiger partial charge in [-0.2, -0.15) is 5.10 Å². The predicted molar refractivity (Wildman–Crippen MR) is 142 cm³/mol. The third-order valence-electron chi connectivity index (χ3n) is 5.46. The molecule has 0 spiro atoms. The molecule has 0 atom stereocenters. The molecule has 2 rings (SSSR count). The van der Waals surface area contributed by atoms with Gasteiger partial charge in [0.15, 0.2) is 5.52 Å². The molecule has 0 aliphatic heterocycles. The topological polar surface area (TPSA) is 52.8 Å². The number of ether oxygens (including phenoxy) is 1. The van der Waals surface area contributed by atoms with Gasteiger partial charge in [0.05, 0.1) is 6.61 Å². The first-order valence-electron chi connectivity index (χ1n) is 12.6. The molecule has 2 aromatic heterocycles. The third-order valence-corrected chi connectivity index (χ3v) is 6.43. The Kier molecular flexibility index (Phi) is 14.3. The van der Waals surface area contributed by atoms with E-state index in [-0.39, 0.29) is 0 Å². The van der Waals surface area contributed by atoms with Crippen LogP contribution >= 0.6 is 11.8 Å². The second-order valence-corrected chi connectivity index (χ2v) is 9.35. The van der Waals surface area contributed by atoms with E-state index in [2.05, 4.69) is 52.9 Å². The number of hydrogen-bond acceptors (Lipinski definition) is 5. The van der Waals surface area contributed by atoms with Crippen molar-refractivity contribution in [1.29, 1.82) is 0 Å². The molecule has 0 bridgehead atoms. The molecule has 6 heteroatoms. The monoisotopic (exact) mass is 470 g/mol. The fourth-order valence-electron chi connectivity index (χ4n) is 3.62. The standard InChI is InChI=1S/C27H42N4OS/c1-4-6-7-8-9-10-11-12-13-14-15-16-17-18-19-20-21-32-27-25-24(30-31(27)3)26(29-23-28-25)33-22-5-2/h5,9-10,12-13,23H,2,4,6-8,11,14-22H2,1,3H3/b10-9-,13-12-. The van der Waals surface area contributed by atoms with Crippen LogP contribution in [0.5, 0.6) is 5.88 Å². The van der Waals surface area contributed by atoms with E-state index in [1.807, 2.05) is 13.1 Å². The zero-order valence-electron chi connectivity index (χ0n) is 20.7. The number of hydrogen-bond donors (Lipinski definition) is 0. The first kappa shape index (κ1) is 27.2. The van der Waals surface area contributed by atoms with Crippen LogP contribution in [0.4, 0.5) is 0 Å². The predicted octanol–water partition coefficient (Wildman–Crippen LogP) is 7.83. The molecule has 182 valence electrons. The average molecular weight is 471 g/mol. The summed E-state index contributed by atoms with van der Waals surface area (Å²) in [6, 6.07) is 0. The van der Waals surface area contributed by atoms with Gasteiger partial charge in [-0.1, -0.05) is 87.6 Å². The quantitative estimate of drug-likeness (QED) is 0.0906. The van der Waals surface area contributed by atoms with Gasteiger partial charge in [-0.05, 0) is 38.5 Å². The summed E-state index contributed by atoms with van der Waals surface area (Å²) in [5.74, 6) is 1.53. The van der Waals surface area contributed by atoms with E-state index in [4.69, 9.17) is 4.74 Å². The summed E-state index contributed by atoms with van der Waals surface area (Å²) in [5.41, 5.74) is 1.60. The maximum absolute atomic E-state index is 6.03. The lowest BCUT2D eigenvalue weighted by Gasteiger charge is -2.06. The third kappa shape index (κ3) is 10.6. The summed E-state index contributed by atoms with van der Waals surface area (Å²) in [6.45, 7) is 6.72. The molecule has 0 saturated carbocycles. The van der Waals surface area contributed by atoms with Crippen molar-refractivity contribution in [3.05, 3.63) is 43.3 Å². The Bertz CT molecular complexity index is 859. The lowest BCUT2D eigenvalue weighted by Crippen LogP contribution is -2.02. The van der Waals surface area contributed by atoms with Crippen LogP contribution in [0.1, 0.15) is 84.0 Å². The molecule has 0 aliphatic rings. The SMILES string of the molecule is C=CCSc1ncnc2c(OCCCCCCCC/C=C\C/C=C\CCCCC)n(C)nc12. The van der Waals surface area contributed by atoms with Crippen molar-refractivity contribution < 1.29 is 4.74 Å². The summed E-state index contributed by atoms with van der Waals surface area (Å²) in [4.78, 5) is 8.74. The number of thioether (sulfide) groups is 1. The second-order valence-electron chi connectivity index (χ2n) is 8.34. The lowest BCUT2D eigenvalue weighted by atomic mass is 10.1. The van der Waals surface area contributed by atoms with Crippen molar-refractivity contribution in [3.8, 4) is 5.88 Å². The van der Waals surface area contributed by atoms with Crippen LogP contribution in [0.2, 0.25) is 0 Å². The van der Waals surface area contributed by atoms with Crippen LogP contribution in [0, 0.1) is 0 Å². The molecule has 0 aromatic carbocycles. The normalized spacial score (nSPS) is 11.8. The highest BCUT2D eigenvalue weighted by atomic mass is 32.2. The van der Waals surface area contributed by atoms with Crippen LogP contribution in [0.15, 0.2) is 48.3 Å². The summed E-state index contributed by atoms with van der Waals surface area (Å²) >= 11 is 1.61. The number of nitrogens with zero attached hydrogens (tertiary/aromatic N) is 4. The molecule has 33 heavy (non-hydrogen) atoms. The van der Waals surface area contributed by atoms with Crippen molar-refractivity contribution in [2.45, 2.75) is 89.0 Å². The zero-order valence-corrected chi connectivity index (χ0v) is 21.5. The van der Waals surface area contributed by atoms with E-state index in [0.29, 0.717) is 6.61 Å². The first-order valence-corrected chi connectivity index (χ1v) is 13.6. The van der Waals surface area contributed by atoms with Crippen molar-refractivity contribution in [1.82, 2.24) is 19.7 Å². The molecular weight excluding hydrogens is 428 g/mol. The fourth-order valence-corrected chi connectivity index (χ4v) is 4.29. The molecule has 0 amide bonds. The summed E-state index contributed by atoms with van der Waals surface area (Å²) < 4.78 is 7.81. The highest BCUT2D eigenvalue weighted by Crippen LogP contribution is 2.29. The van der Waals surface area contributed by atoms with E-state index >= 15 is 0 Å². The van der Waals surface area contributed by atoms with Gasteiger partial charge in [-0.3, -0.25) is 0 Å². The van der Waals surface area contributed by atoms with Crippen molar-refractivity contribution >= 4 is 22.8 Å². The largest absolute Gasteiger partial charge is 0.476 e. The Balaban J connectivity index is 1.53. The van der Waals surface area contributed by atoms with Gasteiger partial charge in [-0.25, -0.2) is 14.6 Å². The highest BCUT2D eigenvalue weighted by Gasteiger charge is 2.15. The maximum atomic E-state index is 6.03. The Labute approximate surface area is 204 Å². The molecule has 0 aliphatic carbocycles. The Morgan fingerprint density at radius 3 is 2.33 bits per heavy atom. The summed E-state index contributed by atoms with van der Waals surface area (Å²) in [6.07, 6.45) is 27.7. The molecule has 0 N–H and O–H groups in total. The van der Waals surface area contributed by atoms with E-state index in [1.54, 1.807) is 22.8 Å². The number of unbranched alkanes of at least 4 members (excludes halogenated alkanes) is 9. The number of aromatic nitrogens is 4. The molecule has 2 aromatic rings. The fraction of sp³-hybridized carbons (Fsp3) is 0.593. The minimum Gasteiger partial charge on any atom is -0.476 e. The van der Waals surface area contributed by atoms with Crippen molar-refractivity contribution in [2.24, 2.45) is 7.05 Å². The van der Waals surface area contributed by atoms with E-state index < -0.39 is 0 Å². The van der Waals surface area contributed by atoms with E-state index in [1.165, 1.54) is 64.2 Å². The Hall–Kier alpha value is -2.08. The molecule has 5 nitrogen and oxygen atoms in total. The number of fused-ring (bicyclic) bond motifs is 1. The van der Waals surface area contributed by atoms with Crippen molar-refractivity contribution in [3.63, 3.8) is 0 Å². The van der Waals surface area contributed by atoms with Crippen LogP contribution in [-0.2, 0) is 7.05 Å². The second kappa shape index (κ2) is 17.4. The van der Waals surface area contributed by atoms with E-state index in [0.717, 1.165) is 40.5 Å². The minimum atomic E-state index is 0.697. The number of rotatable bonds is 19. The van der Waals surface area contributed by atoms with Gasteiger partial charge in [0.25, 0.3) is 0 Å².